The second-order valence-electron chi connectivity index (χ2n) is 5.55. The first kappa shape index (κ1) is 15.5. The Labute approximate surface area is 125 Å². The minimum Gasteiger partial charge on any atom is -0.342 e. The van der Waals surface area contributed by atoms with E-state index in [-0.39, 0.29) is 11.8 Å². The molecule has 2 rings (SSSR count). The first-order chi connectivity index (χ1) is 10.0. The van der Waals surface area contributed by atoms with Gasteiger partial charge in [-0.25, -0.2) is 4.98 Å². The predicted molar refractivity (Wildman–Crippen MR) is 79.6 cm³/mol. The predicted octanol–water partition coefficient (Wildman–Crippen LogP) is 1.10. The highest BCUT2D eigenvalue weighted by atomic mass is 16.2. The van der Waals surface area contributed by atoms with Crippen LogP contribution in [0.15, 0.2) is 12.4 Å². The lowest BCUT2D eigenvalue weighted by Crippen LogP contribution is -2.56. The number of hydrogen-bond acceptors (Lipinski definition) is 3. The van der Waals surface area contributed by atoms with Gasteiger partial charge in [0.25, 0.3) is 0 Å². The van der Waals surface area contributed by atoms with Gasteiger partial charge in [0.15, 0.2) is 0 Å². The largest absolute Gasteiger partial charge is 0.342 e. The van der Waals surface area contributed by atoms with Crippen molar-refractivity contribution in [3.05, 3.63) is 18.2 Å². The standard InChI is InChI=1S/C15H24N4O2/c1-4-15(5-2)14(21)19(8-6-13(20)17-15)11-10-18-9-7-16-12(18)3/h7,9H,4-6,8,10-11H2,1-3H3,(H,17,20). The van der Waals surface area contributed by atoms with E-state index in [1.54, 1.807) is 6.20 Å². The molecule has 1 aliphatic heterocycles. The SMILES string of the molecule is CCC1(CC)NC(=O)CCN(CCn2ccnc2C)C1=O. The van der Waals surface area contributed by atoms with Gasteiger partial charge in [-0.2, -0.15) is 0 Å². The molecule has 0 aliphatic carbocycles. The summed E-state index contributed by atoms with van der Waals surface area (Å²) in [7, 11) is 0. The van der Waals surface area contributed by atoms with Gasteiger partial charge in [-0.15, -0.1) is 0 Å². The van der Waals surface area contributed by atoms with Gasteiger partial charge in [0.1, 0.15) is 11.4 Å². The Kier molecular flexibility index (Phi) is 4.65. The number of hydrogen-bond donors (Lipinski definition) is 1. The summed E-state index contributed by atoms with van der Waals surface area (Å²) in [5.41, 5.74) is -0.739. The van der Waals surface area contributed by atoms with Crippen molar-refractivity contribution in [2.45, 2.75) is 52.1 Å². The highest BCUT2D eigenvalue weighted by molar-refractivity contribution is 5.93. The first-order valence-corrected chi connectivity index (χ1v) is 7.60. The number of nitrogens with one attached hydrogen (secondary N) is 1. The first-order valence-electron chi connectivity index (χ1n) is 7.60. The maximum atomic E-state index is 12.8. The summed E-state index contributed by atoms with van der Waals surface area (Å²) >= 11 is 0. The van der Waals surface area contributed by atoms with Crippen LogP contribution in [0, 0.1) is 6.92 Å². The van der Waals surface area contributed by atoms with Crippen molar-refractivity contribution in [1.29, 1.82) is 0 Å². The van der Waals surface area contributed by atoms with Gasteiger partial charge in [-0.05, 0) is 19.8 Å². The molecule has 0 aromatic carbocycles. The van der Waals surface area contributed by atoms with Crippen molar-refractivity contribution in [2.24, 2.45) is 0 Å². The smallest absolute Gasteiger partial charge is 0.248 e. The zero-order valence-electron chi connectivity index (χ0n) is 13.1. The van der Waals surface area contributed by atoms with Crippen molar-refractivity contribution in [1.82, 2.24) is 19.8 Å². The quantitative estimate of drug-likeness (QED) is 0.883. The van der Waals surface area contributed by atoms with Crippen LogP contribution in [-0.2, 0) is 16.1 Å². The molecule has 0 atom stereocenters. The van der Waals surface area contributed by atoms with Crippen molar-refractivity contribution in [3.8, 4) is 0 Å². The van der Waals surface area contributed by atoms with Gasteiger partial charge >= 0.3 is 0 Å². The second kappa shape index (κ2) is 6.28. The van der Waals surface area contributed by atoms with Crippen LogP contribution in [0.5, 0.6) is 0 Å². The van der Waals surface area contributed by atoms with E-state index in [0.29, 0.717) is 38.9 Å². The summed E-state index contributed by atoms with van der Waals surface area (Å²) < 4.78 is 2.02. The van der Waals surface area contributed by atoms with Crippen LogP contribution in [0.1, 0.15) is 38.9 Å². The molecular weight excluding hydrogens is 268 g/mol. The van der Waals surface area contributed by atoms with Gasteiger partial charge in [-0.1, -0.05) is 13.8 Å². The van der Waals surface area contributed by atoms with Crippen LogP contribution in [0.4, 0.5) is 0 Å². The molecule has 116 valence electrons. The van der Waals surface area contributed by atoms with Gasteiger partial charge in [0, 0.05) is 38.4 Å². The summed E-state index contributed by atoms with van der Waals surface area (Å²) in [5.74, 6) is 0.938. The molecule has 1 N–H and O–H groups in total. The minimum absolute atomic E-state index is 0.0339. The number of aromatic nitrogens is 2. The molecule has 2 amide bonds. The molecule has 6 heteroatoms. The maximum Gasteiger partial charge on any atom is 0.248 e. The van der Waals surface area contributed by atoms with Crippen molar-refractivity contribution >= 4 is 11.8 Å². The lowest BCUT2D eigenvalue weighted by atomic mass is 9.91. The van der Waals surface area contributed by atoms with E-state index in [9.17, 15) is 9.59 Å². The van der Waals surface area contributed by atoms with Crippen LogP contribution in [0.3, 0.4) is 0 Å². The number of rotatable bonds is 5. The molecule has 1 fully saturated rings. The molecule has 1 aliphatic rings. The fourth-order valence-electron chi connectivity index (χ4n) is 2.83. The van der Waals surface area contributed by atoms with E-state index in [2.05, 4.69) is 10.3 Å². The Morgan fingerprint density at radius 2 is 2.00 bits per heavy atom. The molecule has 21 heavy (non-hydrogen) atoms. The molecule has 0 radical (unpaired) electrons. The molecule has 0 saturated carbocycles. The lowest BCUT2D eigenvalue weighted by molar-refractivity contribution is -0.139. The molecule has 0 unspecified atom stereocenters. The van der Waals surface area contributed by atoms with Crippen LogP contribution in [0.2, 0.25) is 0 Å². The normalized spacial score (nSPS) is 18.5. The molecule has 1 aromatic heterocycles. The number of imidazole rings is 1. The lowest BCUT2D eigenvalue weighted by Gasteiger charge is -2.33. The van der Waals surface area contributed by atoms with E-state index >= 15 is 0 Å². The number of carbonyl (C=O) groups is 2. The van der Waals surface area contributed by atoms with E-state index < -0.39 is 5.54 Å². The molecule has 0 spiro atoms. The molecule has 6 nitrogen and oxygen atoms in total. The molecule has 1 aromatic rings. The third-order valence-electron chi connectivity index (χ3n) is 4.43. The molecular formula is C15H24N4O2. The average Bonchev–Trinajstić information content (AvgIpc) is 2.84. The Morgan fingerprint density at radius 3 is 2.57 bits per heavy atom. The summed E-state index contributed by atoms with van der Waals surface area (Å²) in [6.07, 6.45) is 5.28. The highest BCUT2D eigenvalue weighted by Crippen LogP contribution is 2.21. The zero-order chi connectivity index (χ0) is 15.5. The number of nitrogens with zero attached hydrogens (tertiary/aromatic N) is 3. The fraction of sp³-hybridized carbons (Fsp3) is 0.667. The highest BCUT2D eigenvalue weighted by Gasteiger charge is 2.41. The maximum absolute atomic E-state index is 12.8. The van der Waals surface area contributed by atoms with Crippen molar-refractivity contribution in [3.63, 3.8) is 0 Å². The van der Waals surface area contributed by atoms with Crippen LogP contribution < -0.4 is 5.32 Å². The summed E-state index contributed by atoms with van der Waals surface area (Å²) in [6.45, 7) is 7.64. The third-order valence-corrected chi connectivity index (χ3v) is 4.43. The summed E-state index contributed by atoms with van der Waals surface area (Å²) in [5, 5.41) is 2.93. The molecule has 2 heterocycles. The van der Waals surface area contributed by atoms with E-state index in [0.717, 1.165) is 5.82 Å². The topological polar surface area (TPSA) is 67.2 Å². The van der Waals surface area contributed by atoms with Crippen molar-refractivity contribution in [2.75, 3.05) is 13.1 Å². The number of carbonyl (C=O) groups excluding carboxylic acids is 2. The molecule has 1 saturated heterocycles. The Bertz CT molecular complexity index is 519. The summed E-state index contributed by atoms with van der Waals surface area (Å²) in [6, 6.07) is 0. The van der Waals surface area contributed by atoms with Crippen LogP contribution in [0.25, 0.3) is 0 Å². The van der Waals surface area contributed by atoms with E-state index in [1.807, 2.05) is 36.4 Å². The number of aryl methyl sites for hydroxylation is 1. The zero-order valence-corrected chi connectivity index (χ0v) is 13.1. The summed E-state index contributed by atoms with van der Waals surface area (Å²) in [4.78, 5) is 30.7. The second-order valence-corrected chi connectivity index (χ2v) is 5.55. The van der Waals surface area contributed by atoms with Gasteiger partial charge in [-0.3, -0.25) is 9.59 Å². The van der Waals surface area contributed by atoms with E-state index in [1.165, 1.54) is 0 Å². The van der Waals surface area contributed by atoms with Gasteiger partial charge < -0.3 is 14.8 Å². The van der Waals surface area contributed by atoms with Crippen LogP contribution in [-0.4, -0.2) is 44.9 Å². The Balaban J connectivity index is 2.12. The fourth-order valence-corrected chi connectivity index (χ4v) is 2.83. The third kappa shape index (κ3) is 3.09. The van der Waals surface area contributed by atoms with Gasteiger partial charge in [0.2, 0.25) is 11.8 Å². The van der Waals surface area contributed by atoms with E-state index in [4.69, 9.17) is 0 Å². The van der Waals surface area contributed by atoms with Gasteiger partial charge in [0.05, 0.1) is 0 Å². The average molecular weight is 292 g/mol. The Morgan fingerprint density at radius 1 is 1.29 bits per heavy atom. The number of amides is 2. The van der Waals surface area contributed by atoms with Crippen molar-refractivity contribution < 1.29 is 9.59 Å². The minimum atomic E-state index is -0.739. The Hall–Kier alpha value is -1.85. The molecule has 0 bridgehead atoms. The van der Waals surface area contributed by atoms with Crippen LogP contribution >= 0.6 is 0 Å². The monoisotopic (exact) mass is 292 g/mol.